The van der Waals surface area contributed by atoms with Gasteiger partial charge in [0.25, 0.3) is 11.1 Å². The van der Waals surface area contributed by atoms with E-state index in [4.69, 9.17) is 4.74 Å². The second kappa shape index (κ2) is 8.24. The van der Waals surface area contributed by atoms with Crippen LogP contribution in [0.15, 0.2) is 74.1 Å². The first-order valence-electron chi connectivity index (χ1n) is 9.45. The number of benzene rings is 1. The summed E-state index contributed by atoms with van der Waals surface area (Å²) >= 11 is 4.67. The van der Waals surface area contributed by atoms with Gasteiger partial charge in [-0.05, 0) is 52.3 Å². The molecule has 0 atom stereocenters. The van der Waals surface area contributed by atoms with Gasteiger partial charge in [-0.3, -0.25) is 23.7 Å². The molecule has 0 fully saturated rings. The second-order valence-corrected chi connectivity index (χ2v) is 8.67. The Morgan fingerprint density at radius 1 is 1.12 bits per heavy atom. The van der Waals surface area contributed by atoms with Crippen LogP contribution in [0.4, 0.5) is 0 Å². The Bertz CT molecular complexity index is 1580. The molecule has 4 aromatic heterocycles. The molecule has 1 N–H and O–H groups in total. The third-order valence-corrected chi connectivity index (χ3v) is 6.25. The van der Waals surface area contributed by atoms with Crippen molar-refractivity contribution in [2.45, 2.75) is 10.9 Å². The van der Waals surface area contributed by atoms with E-state index in [0.717, 1.165) is 4.47 Å². The number of aromatic amines is 1. The lowest BCUT2D eigenvalue weighted by Crippen LogP contribution is -2.21. The number of nitrogens with one attached hydrogen (secondary N) is 1. The molecule has 0 amide bonds. The number of hydrogen-bond donors (Lipinski definition) is 1. The minimum atomic E-state index is -0.243. The maximum absolute atomic E-state index is 13.2. The fourth-order valence-corrected chi connectivity index (χ4v) is 4.50. The number of H-pyrrole nitrogens is 1. The molecule has 0 saturated heterocycles. The van der Waals surface area contributed by atoms with Gasteiger partial charge >= 0.3 is 0 Å². The summed E-state index contributed by atoms with van der Waals surface area (Å²) in [6, 6.07) is 12.2. The first-order chi connectivity index (χ1) is 15.5. The van der Waals surface area contributed by atoms with Crippen molar-refractivity contribution >= 4 is 44.4 Å². The Labute approximate surface area is 193 Å². The summed E-state index contributed by atoms with van der Waals surface area (Å²) in [4.78, 5) is 34.8. The lowest BCUT2D eigenvalue weighted by molar-refractivity contribution is 0.414. The zero-order chi connectivity index (χ0) is 22.2. The fourth-order valence-electron chi connectivity index (χ4n) is 3.27. The summed E-state index contributed by atoms with van der Waals surface area (Å²) in [6.07, 6.45) is 3.14. The number of rotatable bonds is 5. The van der Waals surface area contributed by atoms with Gasteiger partial charge in [-0.2, -0.15) is 5.10 Å². The molecule has 1 aromatic carbocycles. The molecule has 0 unspecified atom stereocenters. The number of aromatic nitrogens is 6. The molecule has 9 nitrogen and oxygen atoms in total. The normalized spacial score (nSPS) is 11.3. The van der Waals surface area contributed by atoms with Crippen molar-refractivity contribution in [1.82, 2.24) is 29.1 Å². The Hall–Kier alpha value is -3.44. The van der Waals surface area contributed by atoms with Crippen LogP contribution in [0.5, 0.6) is 5.75 Å². The maximum atomic E-state index is 13.2. The molecular weight excluding hydrogens is 496 g/mol. The number of hydrogen-bond acceptors (Lipinski definition) is 7. The van der Waals surface area contributed by atoms with Crippen LogP contribution in [0.25, 0.3) is 22.4 Å². The molecule has 0 spiro atoms. The third kappa shape index (κ3) is 3.69. The Morgan fingerprint density at radius 2 is 1.94 bits per heavy atom. The van der Waals surface area contributed by atoms with Crippen molar-refractivity contribution in [1.29, 1.82) is 0 Å². The van der Waals surface area contributed by atoms with E-state index in [9.17, 15) is 9.59 Å². The van der Waals surface area contributed by atoms with Crippen LogP contribution in [0.3, 0.4) is 0 Å². The Morgan fingerprint density at radius 3 is 2.72 bits per heavy atom. The van der Waals surface area contributed by atoms with Gasteiger partial charge < -0.3 is 4.74 Å². The van der Waals surface area contributed by atoms with Crippen molar-refractivity contribution < 1.29 is 4.74 Å². The van der Waals surface area contributed by atoms with E-state index in [1.807, 2.05) is 6.07 Å². The molecule has 160 valence electrons. The van der Waals surface area contributed by atoms with Crippen LogP contribution in [0.2, 0.25) is 0 Å². The van der Waals surface area contributed by atoms with Crippen LogP contribution < -0.4 is 15.9 Å². The molecule has 0 aliphatic rings. The summed E-state index contributed by atoms with van der Waals surface area (Å²) in [6.45, 7) is 0. The standard InChI is InChI=1S/C21H15BrN6O3S/c1-31-15-5-3-14(4-6-15)28-20(30)16-9-23-26-19(16)25-21(28)32-11-13-8-18(29)27-10-12(22)2-7-17(27)24-13/h2-10H,11H2,1H3,(H,23,26). The van der Waals surface area contributed by atoms with Gasteiger partial charge in [-0.25, -0.2) is 9.97 Å². The monoisotopic (exact) mass is 510 g/mol. The molecule has 0 bridgehead atoms. The summed E-state index contributed by atoms with van der Waals surface area (Å²) in [7, 11) is 1.58. The molecule has 11 heteroatoms. The zero-order valence-corrected chi connectivity index (χ0v) is 19.1. The van der Waals surface area contributed by atoms with E-state index in [2.05, 4.69) is 36.1 Å². The van der Waals surface area contributed by atoms with Gasteiger partial charge in [0.1, 0.15) is 16.8 Å². The summed E-state index contributed by atoms with van der Waals surface area (Å²) in [5.74, 6) is 1.03. The van der Waals surface area contributed by atoms with E-state index in [1.165, 1.54) is 33.0 Å². The quantitative estimate of drug-likeness (QED) is 0.285. The first-order valence-corrected chi connectivity index (χ1v) is 11.2. The van der Waals surface area contributed by atoms with Gasteiger partial charge in [-0.15, -0.1) is 0 Å². The predicted molar refractivity (Wildman–Crippen MR) is 125 cm³/mol. The number of thioether (sulfide) groups is 1. The molecule has 4 heterocycles. The van der Waals surface area contributed by atoms with Crippen molar-refractivity contribution in [3.05, 3.63) is 85.7 Å². The average molecular weight is 511 g/mol. The summed E-state index contributed by atoms with van der Waals surface area (Å²) in [5.41, 5.74) is 1.75. The largest absolute Gasteiger partial charge is 0.497 e. The zero-order valence-electron chi connectivity index (χ0n) is 16.7. The number of methoxy groups -OCH3 is 1. The highest BCUT2D eigenvalue weighted by Gasteiger charge is 2.15. The van der Waals surface area contributed by atoms with Gasteiger partial charge in [0.05, 0.1) is 24.7 Å². The first kappa shape index (κ1) is 20.5. The van der Waals surface area contributed by atoms with Gasteiger partial charge in [-0.1, -0.05) is 11.8 Å². The third-order valence-electron chi connectivity index (χ3n) is 4.81. The minimum absolute atomic E-state index is 0.184. The van der Waals surface area contributed by atoms with Crippen LogP contribution in [-0.4, -0.2) is 36.2 Å². The number of pyridine rings is 1. The molecule has 0 aliphatic heterocycles. The molecule has 5 rings (SSSR count). The Balaban J connectivity index is 1.56. The Kier molecular flexibility index (Phi) is 5.27. The minimum Gasteiger partial charge on any atom is -0.497 e. The molecule has 0 radical (unpaired) electrons. The van der Waals surface area contributed by atoms with Crippen molar-refractivity contribution in [2.24, 2.45) is 0 Å². The van der Waals surface area contributed by atoms with Gasteiger partial charge in [0, 0.05) is 22.5 Å². The van der Waals surface area contributed by atoms with Crippen molar-refractivity contribution in [3.8, 4) is 11.4 Å². The van der Waals surface area contributed by atoms with Crippen LogP contribution in [-0.2, 0) is 5.75 Å². The molecular formula is C21H15BrN6O3S. The SMILES string of the molecule is COc1ccc(-n2c(SCc3cc(=O)n4cc(Br)ccc4n3)nc3[nH]ncc3c2=O)cc1. The van der Waals surface area contributed by atoms with Gasteiger partial charge in [0.15, 0.2) is 10.8 Å². The lowest BCUT2D eigenvalue weighted by Gasteiger charge is -2.12. The van der Waals surface area contributed by atoms with E-state index in [1.54, 1.807) is 43.6 Å². The summed E-state index contributed by atoms with van der Waals surface area (Å²) < 4.78 is 9.00. The second-order valence-electron chi connectivity index (χ2n) is 6.82. The molecule has 0 saturated carbocycles. The lowest BCUT2D eigenvalue weighted by atomic mass is 10.3. The smallest absolute Gasteiger partial charge is 0.269 e. The number of ether oxygens (including phenoxy) is 1. The highest BCUT2D eigenvalue weighted by molar-refractivity contribution is 9.10. The predicted octanol–water partition coefficient (Wildman–Crippen LogP) is 3.18. The average Bonchev–Trinajstić information content (AvgIpc) is 3.27. The van der Waals surface area contributed by atoms with E-state index >= 15 is 0 Å². The molecule has 5 aromatic rings. The highest BCUT2D eigenvalue weighted by atomic mass is 79.9. The fraction of sp³-hybridized carbons (Fsp3) is 0.0952. The van der Waals surface area contributed by atoms with Crippen LogP contribution in [0.1, 0.15) is 5.69 Å². The van der Waals surface area contributed by atoms with E-state index in [-0.39, 0.29) is 11.1 Å². The van der Waals surface area contributed by atoms with Crippen LogP contribution in [0, 0.1) is 0 Å². The number of nitrogens with zero attached hydrogens (tertiary/aromatic N) is 5. The van der Waals surface area contributed by atoms with Crippen LogP contribution >= 0.6 is 27.7 Å². The number of fused-ring (bicyclic) bond motifs is 2. The topological polar surface area (TPSA) is 107 Å². The molecule has 0 aliphatic carbocycles. The summed E-state index contributed by atoms with van der Waals surface area (Å²) in [5, 5.41) is 7.54. The van der Waals surface area contributed by atoms with Crippen molar-refractivity contribution in [2.75, 3.05) is 7.11 Å². The highest BCUT2D eigenvalue weighted by Crippen LogP contribution is 2.24. The number of halogens is 1. The van der Waals surface area contributed by atoms with E-state index < -0.39 is 0 Å². The van der Waals surface area contributed by atoms with E-state index in [0.29, 0.717) is 44.7 Å². The molecule has 32 heavy (non-hydrogen) atoms. The van der Waals surface area contributed by atoms with Crippen molar-refractivity contribution in [3.63, 3.8) is 0 Å². The maximum Gasteiger partial charge on any atom is 0.269 e. The van der Waals surface area contributed by atoms with Gasteiger partial charge in [0.2, 0.25) is 0 Å².